The van der Waals surface area contributed by atoms with Crippen molar-refractivity contribution in [3.63, 3.8) is 0 Å². The molecule has 1 N–H and O–H groups in total. The van der Waals surface area contributed by atoms with Gasteiger partial charge in [0.25, 0.3) is 0 Å². The first-order valence-electron chi connectivity index (χ1n) is 7.59. The van der Waals surface area contributed by atoms with E-state index >= 15 is 0 Å². The number of hydrogen-bond donors (Lipinski definition) is 1. The highest BCUT2D eigenvalue weighted by Crippen LogP contribution is 2.30. The maximum atomic E-state index is 5.71. The van der Waals surface area contributed by atoms with E-state index < -0.39 is 0 Å². The summed E-state index contributed by atoms with van der Waals surface area (Å²) in [4.78, 5) is 0. The van der Waals surface area contributed by atoms with E-state index in [4.69, 9.17) is 14.2 Å². The van der Waals surface area contributed by atoms with Gasteiger partial charge in [-0.3, -0.25) is 0 Å². The van der Waals surface area contributed by atoms with Gasteiger partial charge in [0.15, 0.2) is 11.5 Å². The number of ether oxygens (including phenoxy) is 3. The van der Waals surface area contributed by atoms with E-state index in [2.05, 4.69) is 17.4 Å². The summed E-state index contributed by atoms with van der Waals surface area (Å²) in [5, 5.41) is 3.50. The van der Waals surface area contributed by atoms with Gasteiger partial charge in [0.05, 0.1) is 13.2 Å². The first-order chi connectivity index (χ1) is 9.92. The fourth-order valence-electron chi connectivity index (χ4n) is 2.67. The van der Waals surface area contributed by atoms with Gasteiger partial charge in [-0.05, 0) is 43.0 Å². The van der Waals surface area contributed by atoms with Crippen molar-refractivity contribution in [1.29, 1.82) is 0 Å². The number of fused-ring (bicyclic) bond motifs is 1. The van der Waals surface area contributed by atoms with Crippen molar-refractivity contribution in [2.75, 3.05) is 33.0 Å². The predicted octanol–water partition coefficient (Wildman–Crippen LogP) is 2.36. The molecule has 1 aromatic carbocycles. The van der Waals surface area contributed by atoms with E-state index in [0.29, 0.717) is 0 Å². The van der Waals surface area contributed by atoms with Crippen LogP contribution in [0.1, 0.15) is 24.8 Å². The second kappa shape index (κ2) is 6.95. The normalized spacial score (nSPS) is 21.7. The van der Waals surface area contributed by atoms with Gasteiger partial charge in [0.2, 0.25) is 0 Å². The molecular weight excluding hydrogens is 254 g/mol. The minimum absolute atomic E-state index is 0.742. The van der Waals surface area contributed by atoms with E-state index in [1.165, 1.54) is 18.4 Å². The summed E-state index contributed by atoms with van der Waals surface area (Å²) in [6.07, 6.45) is 3.36. The molecule has 1 saturated heterocycles. The molecule has 1 aromatic rings. The number of benzene rings is 1. The van der Waals surface area contributed by atoms with Gasteiger partial charge in [0.1, 0.15) is 0 Å². The average molecular weight is 277 g/mol. The predicted molar refractivity (Wildman–Crippen MR) is 77.3 cm³/mol. The highest BCUT2D eigenvalue weighted by Gasteiger charge is 2.14. The van der Waals surface area contributed by atoms with Crippen molar-refractivity contribution >= 4 is 0 Å². The molecule has 0 radical (unpaired) electrons. The molecule has 1 atom stereocenters. The molecule has 20 heavy (non-hydrogen) atoms. The molecule has 3 rings (SSSR count). The van der Waals surface area contributed by atoms with Gasteiger partial charge in [-0.15, -0.1) is 0 Å². The first-order valence-corrected chi connectivity index (χ1v) is 7.59. The SMILES string of the molecule is c1cc2c(cc1CNCCC1CCOC1)OCCCO2. The van der Waals surface area contributed by atoms with Crippen molar-refractivity contribution in [2.24, 2.45) is 5.92 Å². The average Bonchev–Trinajstić information content (AvgIpc) is 2.87. The van der Waals surface area contributed by atoms with Gasteiger partial charge >= 0.3 is 0 Å². The summed E-state index contributed by atoms with van der Waals surface area (Å²) < 4.78 is 16.7. The smallest absolute Gasteiger partial charge is 0.161 e. The maximum absolute atomic E-state index is 5.71. The minimum atomic E-state index is 0.742. The Balaban J connectivity index is 1.46. The Labute approximate surface area is 120 Å². The lowest BCUT2D eigenvalue weighted by molar-refractivity contribution is 0.184. The third-order valence-electron chi connectivity index (χ3n) is 3.89. The molecule has 0 aromatic heterocycles. The van der Waals surface area contributed by atoms with Crippen LogP contribution >= 0.6 is 0 Å². The van der Waals surface area contributed by atoms with Crippen molar-refractivity contribution in [2.45, 2.75) is 25.8 Å². The third-order valence-corrected chi connectivity index (χ3v) is 3.89. The molecule has 1 fully saturated rings. The minimum Gasteiger partial charge on any atom is -0.490 e. The molecule has 110 valence electrons. The van der Waals surface area contributed by atoms with Crippen LogP contribution in [0.15, 0.2) is 18.2 Å². The molecule has 2 aliphatic heterocycles. The van der Waals surface area contributed by atoms with Crippen LogP contribution in [0, 0.1) is 5.92 Å². The monoisotopic (exact) mass is 277 g/mol. The fraction of sp³-hybridized carbons (Fsp3) is 0.625. The van der Waals surface area contributed by atoms with E-state index in [1.807, 2.05) is 6.07 Å². The van der Waals surface area contributed by atoms with Crippen molar-refractivity contribution in [3.05, 3.63) is 23.8 Å². The highest BCUT2D eigenvalue weighted by atomic mass is 16.5. The number of hydrogen-bond acceptors (Lipinski definition) is 4. The number of nitrogens with one attached hydrogen (secondary N) is 1. The quantitative estimate of drug-likeness (QED) is 0.839. The van der Waals surface area contributed by atoms with Crippen LogP contribution in [-0.4, -0.2) is 33.0 Å². The molecule has 4 heteroatoms. The summed E-state index contributed by atoms with van der Waals surface area (Å²) in [6, 6.07) is 6.22. The molecule has 0 spiro atoms. The third kappa shape index (κ3) is 3.64. The Morgan fingerprint density at radius 2 is 2.00 bits per heavy atom. The van der Waals surface area contributed by atoms with E-state index in [-0.39, 0.29) is 0 Å². The maximum Gasteiger partial charge on any atom is 0.161 e. The summed E-state index contributed by atoms with van der Waals surface area (Å²) in [7, 11) is 0. The van der Waals surface area contributed by atoms with Crippen LogP contribution in [0.4, 0.5) is 0 Å². The standard InChI is InChI=1S/C16H23NO3/c1-7-19-15-3-2-14(10-16(15)20-8-1)11-17-6-4-13-5-9-18-12-13/h2-3,10,13,17H,1,4-9,11-12H2. The molecule has 2 aliphatic rings. The van der Waals surface area contributed by atoms with Crippen LogP contribution in [-0.2, 0) is 11.3 Å². The van der Waals surface area contributed by atoms with Crippen LogP contribution in [0.25, 0.3) is 0 Å². The molecule has 0 bridgehead atoms. The van der Waals surface area contributed by atoms with Gasteiger partial charge in [-0.2, -0.15) is 0 Å². The Morgan fingerprint density at radius 1 is 1.10 bits per heavy atom. The molecule has 4 nitrogen and oxygen atoms in total. The van der Waals surface area contributed by atoms with Crippen LogP contribution in [0.2, 0.25) is 0 Å². The van der Waals surface area contributed by atoms with Crippen molar-refractivity contribution < 1.29 is 14.2 Å². The summed E-state index contributed by atoms with van der Waals surface area (Å²) in [6.45, 7) is 5.28. The fourth-order valence-corrected chi connectivity index (χ4v) is 2.67. The van der Waals surface area contributed by atoms with Gasteiger partial charge < -0.3 is 19.5 Å². The van der Waals surface area contributed by atoms with Crippen LogP contribution in [0.5, 0.6) is 11.5 Å². The lowest BCUT2D eigenvalue weighted by Crippen LogP contribution is -2.18. The molecule has 2 heterocycles. The van der Waals surface area contributed by atoms with Crippen molar-refractivity contribution in [3.8, 4) is 11.5 Å². The Hall–Kier alpha value is -1.26. The Kier molecular flexibility index (Phi) is 4.77. The van der Waals surface area contributed by atoms with E-state index in [1.54, 1.807) is 0 Å². The molecule has 1 unspecified atom stereocenters. The summed E-state index contributed by atoms with van der Waals surface area (Å²) in [5.74, 6) is 2.49. The van der Waals surface area contributed by atoms with Crippen LogP contribution < -0.4 is 14.8 Å². The zero-order chi connectivity index (χ0) is 13.6. The molecule has 0 saturated carbocycles. The molecule has 0 aliphatic carbocycles. The van der Waals surface area contributed by atoms with E-state index in [0.717, 1.165) is 63.4 Å². The largest absolute Gasteiger partial charge is 0.490 e. The first kappa shape index (κ1) is 13.7. The van der Waals surface area contributed by atoms with Crippen LogP contribution in [0.3, 0.4) is 0 Å². The number of rotatable bonds is 5. The van der Waals surface area contributed by atoms with Gasteiger partial charge in [-0.1, -0.05) is 6.07 Å². The molecule has 0 amide bonds. The van der Waals surface area contributed by atoms with Gasteiger partial charge in [-0.25, -0.2) is 0 Å². The molecular formula is C16H23NO3. The summed E-state index contributed by atoms with van der Waals surface area (Å²) >= 11 is 0. The summed E-state index contributed by atoms with van der Waals surface area (Å²) in [5.41, 5.74) is 1.25. The lowest BCUT2D eigenvalue weighted by atomic mass is 10.1. The topological polar surface area (TPSA) is 39.7 Å². The van der Waals surface area contributed by atoms with E-state index in [9.17, 15) is 0 Å². The Morgan fingerprint density at radius 3 is 2.85 bits per heavy atom. The highest BCUT2D eigenvalue weighted by molar-refractivity contribution is 5.43. The Bertz CT molecular complexity index is 430. The van der Waals surface area contributed by atoms with Crippen molar-refractivity contribution in [1.82, 2.24) is 5.32 Å². The zero-order valence-corrected chi connectivity index (χ0v) is 11.9. The van der Waals surface area contributed by atoms with Gasteiger partial charge in [0, 0.05) is 26.2 Å². The lowest BCUT2D eigenvalue weighted by Gasteiger charge is -2.11. The second-order valence-corrected chi connectivity index (χ2v) is 5.53. The zero-order valence-electron chi connectivity index (χ0n) is 11.9. The second-order valence-electron chi connectivity index (χ2n) is 5.53.